The topological polar surface area (TPSA) is 159 Å². The number of nitrogens with two attached hydrogens (primary N) is 1. The molecule has 160 valence electrons. The first-order valence-corrected chi connectivity index (χ1v) is 9.06. The number of hydrogen-bond acceptors (Lipinski definition) is 8. The normalized spacial score (nSPS) is 10.9. The smallest absolute Gasteiger partial charge is 0.307 e. The molecule has 11 nitrogen and oxygen atoms in total. The molecule has 0 bridgehead atoms. The van der Waals surface area contributed by atoms with Crippen molar-refractivity contribution < 1.29 is 28.4 Å². The molecule has 1 heterocycles. The van der Waals surface area contributed by atoms with E-state index in [9.17, 15) is 19.7 Å². The second-order valence-corrected chi connectivity index (χ2v) is 6.18. The number of nitro groups is 1. The number of non-ortho nitro benzene ring substituents is 1. The molecule has 1 aromatic heterocycles. The predicted molar refractivity (Wildman–Crippen MR) is 110 cm³/mol. The fraction of sp³-hybridized carbons (Fsp3) is 0.150. The zero-order valence-electron chi connectivity index (χ0n) is 16.4. The number of benzene rings is 2. The summed E-state index contributed by atoms with van der Waals surface area (Å²) < 4.78 is 16.2. The lowest BCUT2D eigenvalue weighted by molar-refractivity contribution is -0.384. The molecule has 3 aromatic rings. The summed E-state index contributed by atoms with van der Waals surface area (Å²) in [6.45, 7) is 1.87. The average Bonchev–Trinajstić information content (AvgIpc) is 3.16. The molecule has 0 unspecified atom stereocenters. The lowest BCUT2D eigenvalue weighted by Gasteiger charge is -2.11. The fourth-order valence-corrected chi connectivity index (χ4v) is 2.62. The summed E-state index contributed by atoms with van der Waals surface area (Å²) in [7, 11) is 0. The number of nitrogens with one attached hydrogen (secondary N) is 1. The van der Waals surface area contributed by atoms with E-state index in [1.165, 1.54) is 30.5 Å². The van der Waals surface area contributed by atoms with Crippen LogP contribution in [0.5, 0.6) is 11.5 Å². The van der Waals surface area contributed by atoms with Crippen molar-refractivity contribution in [2.45, 2.75) is 6.92 Å². The number of primary amides is 1. The second kappa shape index (κ2) is 9.39. The summed E-state index contributed by atoms with van der Waals surface area (Å²) >= 11 is 0. The van der Waals surface area contributed by atoms with Gasteiger partial charge < -0.3 is 19.6 Å². The summed E-state index contributed by atoms with van der Waals surface area (Å²) in [6.07, 6.45) is 1.38. The Bertz CT molecular complexity index is 1170. The van der Waals surface area contributed by atoms with Gasteiger partial charge in [-0.3, -0.25) is 19.7 Å². The lowest BCUT2D eigenvalue weighted by Crippen LogP contribution is -2.20. The molecule has 0 aliphatic rings. The highest BCUT2D eigenvalue weighted by atomic mass is 16.6. The molecular weight excluding hydrogens is 408 g/mol. The highest BCUT2D eigenvalue weighted by molar-refractivity contribution is 5.97. The van der Waals surface area contributed by atoms with Crippen molar-refractivity contribution >= 4 is 34.7 Å². The summed E-state index contributed by atoms with van der Waals surface area (Å²) in [5, 5.41) is 15.2. The third kappa shape index (κ3) is 5.35. The molecule has 11 heteroatoms. The van der Waals surface area contributed by atoms with Crippen LogP contribution in [0, 0.1) is 10.1 Å². The number of nitrogens with zero attached hydrogens (tertiary/aromatic N) is 2. The Kier molecular flexibility index (Phi) is 6.45. The third-order valence-electron chi connectivity index (χ3n) is 3.95. The summed E-state index contributed by atoms with van der Waals surface area (Å²) in [4.78, 5) is 33.5. The minimum Gasteiger partial charge on any atom is -0.490 e. The van der Waals surface area contributed by atoms with E-state index >= 15 is 0 Å². The van der Waals surface area contributed by atoms with Crippen LogP contribution in [-0.2, 0) is 4.79 Å². The van der Waals surface area contributed by atoms with Gasteiger partial charge in [0, 0.05) is 17.5 Å². The minimum absolute atomic E-state index is 0.0437. The number of amides is 2. The molecule has 0 aliphatic carbocycles. The van der Waals surface area contributed by atoms with E-state index in [-0.39, 0.29) is 18.1 Å². The molecule has 0 saturated heterocycles. The van der Waals surface area contributed by atoms with Gasteiger partial charge in [0.2, 0.25) is 0 Å². The van der Waals surface area contributed by atoms with Gasteiger partial charge in [-0.2, -0.15) is 5.10 Å². The van der Waals surface area contributed by atoms with E-state index < -0.39 is 16.7 Å². The lowest BCUT2D eigenvalue weighted by atomic mass is 10.2. The fourth-order valence-electron chi connectivity index (χ4n) is 2.62. The average molecular weight is 426 g/mol. The summed E-state index contributed by atoms with van der Waals surface area (Å²) in [5.41, 5.74) is 8.23. The number of furan rings is 1. The predicted octanol–water partition coefficient (Wildman–Crippen LogP) is 2.37. The zero-order chi connectivity index (χ0) is 22.4. The van der Waals surface area contributed by atoms with Crippen molar-refractivity contribution in [2.24, 2.45) is 10.8 Å². The van der Waals surface area contributed by atoms with Crippen molar-refractivity contribution in [3.8, 4) is 11.5 Å². The standard InChI is InChI=1S/C20H18N4O7/c1-2-29-17-7-12(3-5-16(17)30-11-19(21)25)10-22-23-20(26)18-9-13-8-14(24(27)28)4-6-15(13)31-18/h3-10H,2,11H2,1H3,(H2,21,25)(H,23,26)/b22-10-. The number of hydrazone groups is 1. The Labute approximate surface area is 175 Å². The number of nitro benzene ring substituents is 1. The second-order valence-electron chi connectivity index (χ2n) is 6.18. The van der Waals surface area contributed by atoms with Crippen LogP contribution in [0.4, 0.5) is 5.69 Å². The van der Waals surface area contributed by atoms with Gasteiger partial charge in [0.15, 0.2) is 23.9 Å². The molecule has 3 rings (SSSR count). The number of rotatable bonds is 9. The molecule has 0 fully saturated rings. The number of fused-ring (bicyclic) bond motifs is 1. The maximum atomic E-state index is 12.3. The summed E-state index contributed by atoms with van der Waals surface area (Å²) in [5.74, 6) is -0.550. The van der Waals surface area contributed by atoms with E-state index in [4.69, 9.17) is 19.6 Å². The van der Waals surface area contributed by atoms with Gasteiger partial charge >= 0.3 is 5.91 Å². The number of hydrogen-bond donors (Lipinski definition) is 2. The quantitative estimate of drug-likeness (QED) is 0.302. The van der Waals surface area contributed by atoms with Crippen molar-refractivity contribution in [2.75, 3.05) is 13.2 Å². The Morgan fingerprint density at radius 1 is 1.19 bits per heavy atom. The molecule has 0 atom stereocenters. The summed E-state index contributed by atoms with van der Waals surface area (Å²) in [6, 6.07) is 10.3. The van der Waals surface area contributed by atoms with Gasteiger partial charge in [0.1, 0.15) is 5.58 Å². The Balaban J connectivity index is 1.70. The van der Waals surface area contributed by atoms with Crippen LogP contribution < -0.4 is 20.6 Å². The van der Waals surface area contributed by atoms with Gasteiger partial charge in [-0.15, -0.1) is 0 Å². The van der Waals surface area contributed by atoms with Gasteiger partial charge in [-0.25, -0.2) is 5.43 Å². The van der Waals surface area contributed by atoms with Gasteiger partial charge in [0.05, 0.1) is 17.7 Å². The first kappa shape index (κ1) is 21.3. The first-order valence-electron chi connectivity index (χ1n) is 9.06. The minimum atomic E-state index is -0.624. The van der Waals surface area contributed by atoms with E-state index in [1.54, 1.807) is 25.1 Å². The van der Waals surface area contributed by atoms with E-state index in [0.29, 0.717) is 34.6 Å². The maximum Gasteiger partial charge on any atom is 0.307 e. The van der Waals surface area contributed by atoms with Crippen LogP contribution in [0.1, 0.15) is 23.0 Å². The first-order chi connectivity index (χ1) is 14.9. The van der Waals surface area contributed by atoms with Crippen LogP contribution in [0.2, 0.25) is 0 Å². The van der Waals surface area contributed by atoms with Crippen LogP contribution >= 0.6 is 0 Å². The highest BCUT2D eigenvalue weighted by Gasteiger charge is 2.14. The molecule has 2 aromatic carbocycles. The zero-order valence-corrected chi connectivity index (χ0v) is 16.4. The molecule has 0 aliphatic heterocycles. The van der Waals surface area contributed by atoms with E-state index in [2.05, 4.69) is 10.5 Å². The van der Waals surface area contributed by atoms with Gasteiger partial charge in [0.25, 0.3) is 11.6 Å². The Morgan fingerprint density at radius 2 is 2.00 bits per heavy atom. The molecule has 0 spiro atoms. The molecular formula is C20H18N4O7. The van der Waals surface area contributed by atoms with Crippen LogP contribution in [-0.4, -0.2) is 36.2 Å². The van der Waals surface area contributed by atoms with Crippen molar-refractivity contribution in [1.82, 2.24) is 5.43 Å². The largest absolute Gasteiger partial charge is 0.490 e. The molecule has 0 radical (unpaired) electrons. The Hall–Kier alpha value is -4.41. The Morgan fingerprint density at radius 3 is 2.71 bits per heavy atom. The molecule has 31 heavy (non-hydrogen) atoms. The number of carbonyl (C=O) groups is 2. The SMILES string of the molecule is CCOc1cc(/C=N\NC(=O)c2cc3cc([N+](=O)[O-])ccc3o2)ccc1OCC(N)=O. The van der Waals surface area contributed by atoms with Crippen LogP contribution in [0.15, 0.2) is 52.0 Å². The van der Waals surface area contributed by atoms with Crippen molar-refractivity contribution in [3.63, 3.8) is 0 Å². The number of carbonyl (C=O) groups excluding carboxylic acids is 2. The monoisotopic (exact) mass is 426 g/mol. The molecule has 2 amide bonds. The third-order valence-corrected chi connectivity index (χ3v) is 3.95. The van der Waals surface area contributed by atoms with E-state index in [1.807, 2.05) is 0 Å². The van der Waals surface area contributed by atoms with Crippen molar-refractivity contribution in [3.05, 3.63) is 63.9 Å². The van der Waals surface area contributed by atoms with Crippen LogP contribution in [0.25, 0.3) is 11.0 Å². The van der Waals surface area contributed by atoms with Gasteiger partial charge in [-0.1, -0.05) is 0 Å². The molecule has 3 N–H and O–H groups in total. The number of ether oxygens (including phenoxy) is 2. The van der Waals surface area contributed by atoms with Crippen molar-refractivity contribution in [1.29, 1.82) is 0 Å². The highest BCUT2D eigenvalue weighted by Crippen LogP contribution is 2.28. The molecule has 0 saturated carbocycles. The van der Waals surface area contributed by atoms with Gasteiger partial charge in [-0.05, 0) is 42.8 Å². The van der Waals surface area contributed by atoms with E-state index in [0.717, 1.165) is 0 Å². The maximum absolute atomic E-state index is 12.3. The van der Waals surface area contributed by atoms with Crippen LogP contribution in [0.3, 0.4) is 0 Å².